The number of nitrogens with zero attached hydrogens (tertiary/aromatic N) is 1. The monoisotopic (exact) mass is 369 g/mol. The van der Waals surface area contributed by atoms with Crippen LogP contribution < -0.4 is 10.1 Å². The molecule has 0 bridgehead atoms. The first-order chi connectivity index (χ1) is 12.6. The van der Waals surface area contributed by atoms with Crippen LogP contribution in [-0.2, 0) is 11.2 Å². The molecule has 0 saturated heterocycles. The van der Waals surface area contributed by atoms with Gasteiger partial charge in [0.1, 0.15) is 5.75 Å². The topological polar surface area (TPSA) is 67.0 Å². The molecular formula is C20H23N3O2S. The third-order valence-corrected chi connectivity index (χ3v) is 5.00. The maximum atomic E-state index is 12.2. The fourth-order valence-corrected chi connectivity index (χ4v) is 3.41. The van der Waals surface area contributed by atoms with Crippen molar-refractivity contribution in [3.63, 3.8) is 0 Å². The lowest BCUT2D eigenvalue weighted by atomic mass is 10.1. The Bertz CT molecular complexity index is 864. The van der Waals surface area contributed by atoms with Gasteiger partial charge in [-0.25, -0.2) is 4.98 Å². The second kappa shape index (κ2) is 8.76. The third-order valence-electron chi connectivity index (χ3n) is 4.12. The lowest BCUT2D eigenvalue weighted by molar-refractivity contribution is -0.119. The van der Waals surface area contributed by atoms with E-state index in [1.165, 1.54) is 17.3 Å². The second-order valence-corrected chi connectivity index (χ2v) is 7.17. The number of benzene rings is 2. The molecule has 3 rings (SSSR count). The Morgan fingerprint density at radius 3 is 2.85 bits per heavy atom. The van der Waals surface area contributed by atoms with Crippen molar-refractivity contribution < 1.29 is 9.53 Å². The number of aromatic nitrogens is 2. The first-order valence-corrected chi connectivity index (χ1v) is 9.62. The maximum absolute atomic E-state index is 12.2. The Morgan fingerprint density at radius 1 is 1.27 bits per heavy atom. The van der Waals surface area contributed by atoms with Crippen LogP contribution in [0.5, 0.6) is 5.75 Å². The van der Waals surface area contributed by atoms with E-state index in [-0.39, 0.29) is 11.9 Å². The van der Waals surface area contributed by atoms with Gasteiger partial charge in [-0.15, -0.1) is 0 Å². The molecule has 1 atom stereocenters. The standard InChI is InChI=1S/C20H23N3O2S/c1-14(8-9-15-6-4-3-5-7-15)21-19(24)13-26-20-22-17-11-10-16(25-2)12-18(17)23-20/h3-7,10-12,14H,8-9,13H2,1-2H3,(H,21,24)(H,22,23)/t14-/m1/s1. The number of hydrogen-bond acceptors (Lipinski definition) is 4. The fraction of sp³-hybridized carbons (Fsp3) is 0.300. The van der Waals surface area contributed by atoms with Gasteiger partial charge in [0.25, 0.3) is 0 Å². The smallest absolute Gasteiger partial charge is 0.230 e. The lowest BCUT2D eigenvalue weighted by Gasteiger charge is -2.13. The molecule has 1 aromatic heterocycles. The van der Waals surface area contributed by atoms with E-state index in [2.05, 4.69) is 27.4 Å². The van der Waals surface area contributed by atoms with E-state index in [0.717, 1.165) is 34.8 Å². The second-order valence-electron chi connectivity index (χ2n) is 6.21. The average Bonchev–Trinajstić information content (AvgIpc) is 3.07. The number of amides is 1. The SMILES string of the molecule is COc1ccc2nc(SCC(=O)N[C@H](C)CCc3ccccc3)[nH]c2c1. The van der Waals surface area contributed by atoms with Gasteiger partial charge in [-0.2, -0.15) is 0 Å². The molecule has 0 aliphatic carbocycles. The van der Waals surface area contributed by atoms with Crippen LogP contribution in [0.25, 0.3) is 11.0 Å². The van der Waals surface area contributed by atoms with Crippen molar-refractivity contribution in [3.05, 3.63) is 54.1 Å². The summed E-state index contributed by atoms with van der Waals surface area (Å²) in [6.45, 7) is 2.04. The molecule has 0 aliphatic heterocycles. The van der Waals surface area contributed by atoms with Gasteiger partial charge < -0.3 is 15.0 Å². The van der Waals surface area contributed by atoms with Crippen LogP contribution in [0, 0.1) is 0 Å². The van der Waals surface area contributed by atoms with E-state index in [9.17, 15) is 4.79 Å². The van der Waals surface area contributed by atoms with Crippen LogP contribution in [0.2, 0.25) is 0 Å². The van der Waals surface area contributed by atoms with Gasteiger partial charge in [0, 0.05) is 12.1 Å². The highest BCUT2D eigenvalue weighted by molar-refractivity contribution is 7.99. The Kier molecular flexibility index (Phi) is 6.17. The Hall–Kier alpha value is -2.47. The van der Waals surface area contributed by atoms with E-state index < -0.39 is 0 Å². The first-order valence-electron chi connectivity index (χ1n) is 8.64. The Morgan fingerprint density at radius 2 is 2.08 bits per heavy atom. The van der Waals surface area contributed by atoms with Crippen molar-refractivity contribution in [2.24, 2.45) is 0 Å². The van der Waals surface area contributed by atoms with Crippen molar-refractivity contribution >= 4 is 28.7 Å². The number of methoxy groups -OCH3 is 1. The third kappa shape index (κ3) is 5.02. The molecule has 0 unspecified atom stereocenters. The summed E-state index contributed by atoms with van der Waals surface area (Å²) in [6.07, 6.45) is 1.88. The largest absolute Gasteiger partial charge is 0.497 e. The van der Waals surface area contributed by atoms with Gasteiger partial charge in [-0.05, 0) is 37.5 Å². The van der Waals surface area contributed by atoms with Crippen LogP contribution >= 0.6 is 11.8 Å². The molecule has 0 spiro atoms. The van der Waals surface area contributed by atoms with Crippen LogP contribution in [0.1, 0.15) is 18.9 Å². The summed E-state index contributed by atoms with van der Waals surface area (Å²) < 4.78 is 5.21. The molecule has 2 aromatic carbocycles. The van der Waals surface area contributed by atoms with Crippen LogP contribution in [0.3, 0.4) is 0 Å². The van der Waals surface area contributed by atoms with Crippen LogP contribution in [0.15, 0.2) is 53.7 Å². The summed E-state index contributed by atoms with van der Waals surface area (Å²) >= 11 is 1.40. The zero-order valence-corrected chi connectivity index (χ0v) is 15.8. The summed E-state index contributed by atoms with van der Waals surface area (Å²) in [5, 5.41) is 3.79. The molecule has 26 heavy (non-hydrogen) atoms. The van der Waals surface area contributed by atoms with Crippen LogP contribution in [0.4, 0.5) is 0 Å². The zero-order chi connectivity index (χ0) is 18.4. The number of fused-ring (bicyclic) bond motifs is 1. The molecule has 0 saturated carbocycles. The quantitative estimate of drug-likeness (QED) is 0.593. The number of imidazole rings is 1. The number of aryl methyl sites for hydroxylation is 1. The number of hydrogen-bond donors (Lipinski definition) is 2. The number of carbonyl (C=O) groups excluding carboxylic acids is 1. The molecule has 6 heteroatoms. The summed E-state index contributed by atoms with van der Waals surface area (Å²) in [7, 11) is 1.64. The Labute approximate surface area is 157 Å². The predicted molar refractivity (Wildman–Crippen MR) is 106 cm³/mol. The molecular weight excluding hydrogens is 346 g/mol. The van der Waals surface area contributed by atoms with Crippen molar-refractivity contribution in [2.45, 2.75) is 31.0 Å². The Balaban J connectivity index is 1.46. The number of rotatable bonds is 8. The summed E-state index contributed by atoms with van der Waals surface area (Å²) in [4.78, 5) is 19.9. The first kappa shape index (κ1) is 18.3. The summed E-state index contributed by atoms with van der Waals surface area (Å²) in [6, 6.07) is 16.1. The molecule has 0 radical (unpaired) electrons. The van der Waals surface area contributed by atoms with Gasteiger partial charge >= 0.3 is 0 Å². The minimum absolute atomic E-state index is 0.0219. The van der Waals surface area contributed by atoms with Gasteiger partial charge in [0.15, 0.2) is 5.16 Å². The van der Waals surface area contributed by atoms with Gasteiger partial charge in [0.2, 0.25) is 5.91 Å². The molecule has 0 aliphatic rings. The predicted octanol–water partition coefficient (Wildman–Crippen LogP) is 3.80. The zero-order valence-electron chi connectivity index (χ0n) is 15.0. The molecule has 136 valence electrons. The molecule has 2 N–H and O–H groups in total. The van der Waals surface area contributed by atoms with Crippen molar-refractivity contribution in [1.82, 2.24) is 15.3 Å². The van der Waals surface area contributed by atoms with Crippen molar-refractivity contribution in [2.75, 3.05) is 12.9 Å². The van der Waals surface area contributed by atoms with Crippen molar-refractivity contribution in [1.29, 1.82) is 0 Å². The number of nitrogens with one attached hydrogen (secondary N) is 2. The van der Waals surface area contributed by atoms with E-state index >= 15 is 0 Å². The lowest BCUT2D eigenvalue weighted by Crippen LogP contribution is -2.34. The minimum Gasteiger partial charge on any atom is -0.497 e. The van der Waals surface area contributed by atoms with Gasteiger partial charge in [0.05, 0.1) is 23.9 Å². The van der Waals surface area contributed by atoms with E-state index in [4.69, 9.17) is 4.74 Å². The van der Waals surface area contributed by atoms with Crippen molar-refractivity contribution in [3.8, 4) is 5.75 Å². The summed E-state index contributed by atoms with van der Waals surface area (Å²) in [5.74, 6) is 1.14. The number of aromatic amines is 1. The maximum Gasteiger partial charge on any atom is 0.230 e. The molecule has 0 fully saturated rings. The van der Waals surface area contributed by atoms with Crippen LogP contribution in [-0.4, -0.2) is 34.8 Å². The number of ether oxygens (including phenoxy) is 1. The van der Waals surface area contributed by atoms with E-state index in [1.807, 2.05) is 43.3 Å². The number of H-pyrrole nitrogens is 1. The number of carbonyl (C=O) groups is 1. The highest BCUT2D eigenvalue weighted by Gasteiger charge is 2.10. The fourth-order valence-electron chi connectivity index (χ4n) is 2.71. The van der Waals surface area contributed by atoms with E-state index in [0.29, 0.717) is 5.75 Å². The molecule has 5 nitrogen and oxygen atoms in total. The highest BCUT2D eigenvalue weighted by atomic mass is 32.2. The van der Waals surface area contributed by atoms with E-state index in [1.54, 1.807) is 7.11 Å². The highest BCUT2D eigenvalue weighted by Crippen LogP contribution is 2.23. The normalized spacial score (nSPS) is 12.1. The molecule has 1 heterocycles. The van der Waals surface area contributed by atoms with Gasteiger partial charge in [-0.1, -0.05) is 42.1 Å². The number of thioether (sulfide) groups is 1. The summed E-state index contributed by atoms with van der Waals surface area (Å²) in [5.41, 5.74) is 3.06. The molecule has 1 amide bonds. The minimum atomic E-state index is 0.0219. The average molecular weight is 369 g/mol. The molecule has 3 aromatic rings. The van der Waals surface area contributed by atoms with Gasteiger partial charge in [-0.3, -0.25) is 4.79 Å².